The lowest BCUT2D eigenvalue weighted by Gasteiger charge is -2.07. The summed E-state index contributed by atoms with van der Waals surface area (Å²) in [7, 11) is 0. The summed E-state index contributed by atoms with van der Waals surface area (Å²) in [6.45, 7) is -0.0184. The summed E-state index contributed by atoms with van der Waals surface area (Å²) in [6.07, 6.45) is 1.10. The zero-order chi connectivity index (χ0) is 13.8. The van der Waals surface area contributed by atoms with Crippen molar-refractivity contribution in [1.82, 2.24) is 15.5 Å². The second-order valence-corrected chi connectivity index (χ2v) is 3.49. The number of carbonyl (C=O) groups is 1. The van der Waals surface area contributed by atoms with E-state index in [9.17, 15) is 13.6 Å². The lowest BCUT2D eigenvalue weighted by atomic mass is 10.1. The molecule has 4 N–H and O–H groups in total. The lowest BCUT2D eigenvalue weighted by Crippen LogP contribution is -2.24. The third-order valence-corrected chi connectivity index (χ3v) is 2.26. The van der Waals surface area contributed by atoms with Crippen LogP contribution in [0.1, 0.15) is 16.2 Å². The highest BCUT2D eigenvalue weighted by Gasteiger charge is 2.14. The van der Waals surface area contributed by atoms with Crippen molar-refractivity contribution >= 4 is 11.6 Å². The first-order valence-electron chi connectivity index (χ1n) is 5.11. The SMILES string of the molecule is NNc1c(F)cc(C(=O)NCc2ncon2)cc1F. The molecule has 1 amide bonds. The second kappa shape index (κ2) is 5.40. The number of anilines is 1. The Bertz CT molecular complexity index is 565. The molecule has 0 aliphatic carbocycles. The maximum absolute atomic E-state index is 13.4. The van der Waals surface area contributed by atoms with Crippen LogP contribution in [-0.4, -0.2) is 16.0 Å². The second-order valence-electron chi connectivity index (χ2n) is 3.49. The highest BCUT2D eigenvalue weighted by atomic mass is 19.1. The number of nitrogen functional groups attached to an aromatic ring is 1. The molecule has 1 heterocycles. The van der Waals surface area contributed by atoms with Crippen molar-refractivity contribution in [3.05, 3.63) is 41.5 Å². The van der Waals surface area contributed by atoms with Crippen LogP contribution in [0.3, 0.4) is 0 Å². The number of nitrogens with zero attached hydrogens (tertiary/aromatic N) is 2. The molecule has 0 fully saturated rings. The molecule has 0 saturated carbocycles. The van der Waals surface area contributed by atoms with Crippen molar-refractivity contribution < 1.29 is 18.1 Å². The largest absolute Gasteiger partial charge is 0.345 e. The van der Waals surface area contributed by atoms with Crippen molar-refractivity contribution in [2.75, 3.05) is 5.43 Å². The van der Waals surface area contributed by atoms with Crippen molar-refractivity contribution in [2.24, 2.45) is 5.84 Å². The lowest BCUT2D eigenvalue weighted by molar-refractivity contribution is 0.0948. The van der Waals surface area contributed by atoms with Gasteiger partial charge in [-0.2, -0.15) is 4.98 Å². The fourth-order valence-electron chi connectivity index (χ4n) is 1.37. The Balaban J connectivity index is 2.11. The van der Waals surface area contributed by atoms with Crippen LogP contribution in [-0.2, 0) is 6.54 Å². The first-order valence-corrected chi connectivity index (χ1v) is 5.11. The van der Waals surface area contributed by atoms with Crippen LogP contribution in [0.25, 0.3) is 0 Å². The number of benzene rings is 1. The van der Waals surface area contributed by atoms with E-state index in [1.165, 1.54) is 0 Å². The molecule has 0 atom stereocenters. The quantitative estimate of drug-likeness (QED) is 0.553. The van der Waals surface area contributed by atoms with Crippen LogP contribution in [0, 0.1) is 11.6 Å². The van der Waals surface area contributed by atoms with Crippen LogP contribution in [0.2, 0.25) is 0 Å². The van der Waals surface area contributed by atoms with Crippen LogP contribution in [0.5, 0.6) is 0 Å². The Hall–Kier alpha value is -2.55. The summed E-state index contributed by atoms with van der Waals surface area (Å²) in [6, 6.07) is 1.73. The van der Waals surface area contributed by atoms with E-state index in [4.69, 9.17) is 5.84 Å². The van der Waals surface area contributed by atoms with E-state index in [0.717, 1.165) is 18.5 Å². The number of hydrazine groups is 1. The number of rotatable bonds is 4. The Labute approximate surface area is 105 Å². The van der Waals surface area contributed by atoms with E-state index in [-0.39, 0.29) is 17.9 Å². The van der Waals surface area contributed by atoms with Gasteiger partial charge in [0.15, 0.2) is 17.5 Å². The maximum Gasteiger partial charge on any atom is 0.251 e. The number of aromatic nitrogens is 2. The molecule has 1 aromatic carbocycles. The van der Waals surface area contributed by atoms with Gasteiger partial charge in [0.25, 0.3) is 5.91 Å². The third kappa shape index (κ3) is 2.83. The van der Waals surface area contributed by atoms with Gasteiger partial charge in [-0.15, -0.1) is 0 Å². The van der Waals surface area contributed by atoms with E-state index < -0.39 is 23.2 Å². The average molecular weight is 269 g/mol. The Morgan fingerprint density at radius 3 is 2.58 bits per heavy atom. The average Bonchev–Trinajstić information content (AvgIpc) is 2.88. The van der Waals surface area contributed by atoms with Crippen LogP contribution >= 0.6 is 0 Å². The minimum absolute atomic E-state index is 0.0184. The minimum atomic E-state index is -0.966. The molecule has 0 aliphatic rings. The molecule has 0 radical (unpaired) electrons. The van der Waals surface area contributed by atoms with Crippen LogP contribution in [0.15, 0.2) is 23.0 Å². The molecule has 2 aromatic rings. The zero-order valence-corrected chi connectivity index (χ0v) is 9.48. The number of nitrogens with one attached hydrogen (secondary N) is 2. The highest BCUT2D eigenvalue weighted by Crippen LogP contribution is 2.19. The first kappa shape index (κ1) is 12.9. The van der Waals surface area contributed by atoms with Gasteiger partial charge in [-0.05, 0) is 12.1 Å². The molecule has 1 aromatic heterocycles. The van der Waals surface area contributed by atoms with Gasteiger partial charge in [-0.1, -0.05) is 5.16 Å². The molecule has 0 unspecified atom stereocenters. The topological polar surface area (TPSA) is 106 Å². The van der Waals surface area contributed by atoms with Crippen molar-refractivity contribution in [1.29, 1.82) is 0 Å². The number of carbonyl (C=O) groups excluding carboxylic acids is 1. The standard InChI is InChI=1S/C10H9F2N5O2/c11-6-1-5(2-7(12)9(6)16-13)10(18)14-3-8-15-4-19-17-8/h1-2,4,16H,3,13H2,(H,14,18). The molecule has 2 rings (SSSR count). The van der Waals surface area contributed by atoms with Gasteiger partial charge < -0.3 is 15.3 Å². The van der Waals surface area contributed by atoms with Gasteiger partial charge in [0.05, 0.1) is 6.54 Å². The molecule has 9 heteroatoms. The predicted octanol–water partition coefficient (Wildman–Crippen LogP) is 0.563. The van der Waals surface area contributed by atoms with Gasteiger partial charge in [0.1, 0.15) is 5.69 Å². The predicted molar refractivity (Wildman–Crippen MR) is 59.6 cm³/mol. The Morgan fingerprint density at radius 1 is 1.37 bits per heavy atom. The Morgan fingerprint density at radius 2 is 2.05 bits per heavy atom. The fourth-order valence-corrected chi connectivity index (χ4v) is 1.37. The third-order valence-electron chi connectivity index (χ3n) is 2.26. The summed E-state index contributed by atoms with van der Waals surface area (Å²) in [5, 5.41) is 5.85. The number of nitrogens with two attached hydrogens (primary N) is 1. The molecule has 7 nitrogen and oxygen atoms in total. The van der Waals surface area contributed by atoms with Gasteiger partial charge in [-0.3, -0.25) is 10.6 Å². The number of amides is 1. The summed E-state index contributed by atoms with van der Waals surface area (Å²) < 4.78 is 31.2. The molecule has 0 bridgehead atoms. The normalized spacial score (nSPS) is 10.3. The zero-order valence-electron chi connectivity index (χ0n) is 9.48. The highest BCUT2D eigenvalue weighted by molar-refractivity contribution is 5.94. The van der Waals surface area contributed by atoms with Gasteiger partial charge >= 0.3 is 0 Å². The summed E-state index contributed by atoms with van der Waals surface area (Å²) in [5.41, 5.74) is 1.18. The smallest absolute Gasteiger partial charge is 0.251 e. The van der Waals surface area contributed by atoms with E-state index in [2.05, 4.69) is 20.0 Å². The minimum Gasteiger partial charge on any atom is -0.345 e. The maximum atomic E-state index is 13.4. The van der Waals surface area contributed by atoms with Gasteiger partial charge in [0, 0.05) is 5.56 Å². The molecule has 100 valence electrons. The van der Waals surface area contributed by atoms with E-state index in [1.54, 1.807) is 0 Å². The molecular weight excluding hydrogens is 260 g/mol. The Kier molecular flexibility index (Phi) is 3.66. The molecule has 19 heavy (non-hydrogen) atoms. The van der Waals surface area contributed by atoms with Crippen molar-refractivity contribution in [2.45, 2.75) is 6.54 Å². The number of hydrogen-bond acceptors (Lipinski definition) is 6. The summed E-state index contributed by atoms with van der Waals surface area (Å²) in [4.78, 5) is 15.3. The molecule has 0 aliphatic heterocycles. The molecule has 0 saturated heterocycles. The summed E-state index contributed by atoms with van der Waals surface area (Å²) in [5.74, 6) is 2.58. The molecular formula is C10H9F2N5O2. The summed E-state index contributed by atoms with van der Waals surface area (Å²) >= 11 is 0. The van der Waals surface area contributed by atoms with Crippen molar-refractivity contribution in [3.8, 4) is 0 Å². The van der Waals surface area contributed by atoms with Gasteiger partial charge in [0.2, 0.25) is 6.39 Å². The number of halogens is 2. The first-order chi connectivity index (χ1) is 9.11. The number of hydrogen-bond donors (Lipinski definition) is 3. The van der Waals surface area contributed by atoms with Gasteiger partial charge in [-0.25, -0.2) is 8.78 Å². The van der Waals surface area contributed by atoms with E-state index >= 15 is 0 Å². The fraction of sp³-hybridized carbons (Fsp3) is 0.100. The van der Waals surface area contributed by atoms with Crippen LogP contribution in [0.4, 0.5) is 14.5 Å². The van der Waals surface area contributed by atoms with Crippen molar-refractivity contribution in [3.63, 3.8) is 0 Å². The monoisotopic (exact) mass is 269 g/mol. The van der Waals surface area contributed by atoms with E-state index in [1.807, 2.05) is 5.43 Å². The molecule has 0 spiro atoms. The van der Waals surface area contributed by atoms with E-state index in [0.29, 0.717) is 0 Å². The van der Waals surface area contributed by atoms with Crippen LogP contribution < -0.4 is 16.6 Å².